The highest BCUT2D eigenvalue weighted by atomic mass is 79.9. The van der Waals surface area contributed by atoms with Gasteiger partial charge in [0.15, 0.2) is 0 Å². The molecule has 1 aliphatic rings. The van der Waals surface area contributed by atoms with Crippen molar-refractivity contribution in [2.75, 3.05) is 17.8 Å². The van der Waals surface area contributed by atoms with Gasteiger partial charge in [0.2, 0.25) is 0 Å². The molecule has 0 saturated carbocycles. The Balaban J connectivity index is 2.10. The quantitative estimate of drug-likeness (QED) is 0.913. The number of piperidine rings is 1. The Hall–Kier alpha value is -0.660. The fourth-order valence-corrected chi connectivity index (χ4v) is 3.43. The molecule has 106 valence electrons. The molecule has 19 heavy (non-hydrogen) atoms. The molecule has 7 heteroatoms. The SMILES string of the molecule is Cc1cc(NS(=O)(=O)N2CCC(C)CC2)ncc1Br. The molecule has 0 radical (unpaired) electrons. The fourth-order valence-electron chi connectivity index (χ4n) is 2.02. The molecule has 0 amide bonds. The van der Waals surface area contributed by atoms with Crippen molar-refractivity contribution in [1.82, 2.24) is 9.29 Å². The topological polar surface area (TPSA) is 62.3 Å². The van der Waals surface area contributed by atoms with Crippen LogP contribution >= 0.6 is 15.9 Å². The van der Waals surface area contributed by atoms with Crippen molar-refractivity contribution in [2.24, 2.45) is 5.92 Å². The summed E-state index contributed by atoms with van der Waals surface area (Å²) in [6.45, 7) is 5.20. The molecule has 0 spiro atoms. The van der Waals surface area contributed by atoms with Crippen molar-refractivity contribution < 1.29 is 8.42 Å². The van der Waals surface area contributed by atoms with Crippen LogP contribution in [0.2, 0.25) is 0 Å². The summed E-state index contributed by atoms with van der Waals surface area (Å²) in [5.41, 5.74) is 0.944. The van der Waals surface area contributed by atoms with Gasteiger partial charge in [-0.3, -0.25) is 4.72 Å². The van der Waals surface area contributed by atoms with Crippen LogP contribution in [-0.2, 0) is 10.2 Å². The summed E-state index contributed by atoms with van der Waals surface area (Å²) in [5.74, 6) is 0.957. The van der Waals surface area contributed by atoms with Crippen molar-refractivity contribution in [2.45, 2.75) is 26.7 Å². The molecule has 1 N–H and O–H groups in total. The molecule has 0 unspecified atom stereocenters. The summed E-state index contributed by atoms with van der Waals surface area (Å²) in [6, 6.07) is 1.72. The number of nitrogens with zero attached hydrogens (tertiary/aromatic N) is 2. The normalized spacial score (nSPS) is 18.5. The summed E-state index contributed by atoms with van der Waals surface area (Å²) in [5, 5.41) is 0. The van der Waals surface area contributed by atoms with Crippen molar-refractivity contribution in [3.05, 3.63) is 22.3 Å². The van der Waals surface area contributed by atoms with Crippen LogP contribution in [0.5, 0.6) is 0 Å². The standard InChI is InChI=1S/C12H18BrN3O2S/c1-9-3-5-16(6-4-9)19(17,18)15-12-7-10(2)11(13)8-14-12/h7-9H,3-6H2,1-2H3,(H,14,15). The van der Waals surface area contributed by atoms with Gasteiger partial charge in [0.05, 0.1) is 0 Å². The molecule has 5 nitrogen and oxygen atoms in total. The number of nitrogens with one attached hydrogen (secondary N) is 1. The largest absolute Gasteiger partial charge is 0.302 e. The van der Waals surface area contributed by atoms with Gasteiger partial charge in [-0.25, -0.2) is 4.98 Å². The van der Waals surface area contributed by atoms with Gasteiger partial charge in [-0.1, -0.05) is 6.92 Å². The maximum Gasteiger partial charge on any atom is 0.302 e. The van der Waals surface area contributed by atoms with E-state index >= 15 is 0 Å². The molecule has 2 heterocycles. The number of aryl methyl sites for hydroxylation is 1. The number of halogens is 1. The lowest BCUT2D eigenvalue weighted by atomic mass is 10.0. The molecule has 2 rings (SSSR count). The minimum Gasteiger partial charge on any atom is -0.254 e. The van der Waals surface area contributed by atoms with Gasteiger partial charge in [-0.05, 0) is 53.2 Å². The average Bonchev–Trinajstić information content (AvgIpc) is 2.34. The maximum absolute atomic E-state index is 12.2. The van der Waals surface area contributed by atoms with Gasteiger partial charge in [0.25, 0.3) is 0 Å². The molecule has 0 bridgehead atoms. The van der Waals surface area contributed by atoms with Crippen molar-refractivity contribution in [3.63, 3.8) is 0 Å². The zero-order valence-electron chi connectivity index (χ0n) is 11.1. The van der Waals surface area contributed by atoms with Gasteiger partial charge in [0.1, 0.15) is 5.82 Å². The first kappa shape index (κ1) is 14.7. The lowest BCUT2D eigenvalue weighted by Gasteiger charge is -2.29. The Morgan fingerprint density at radius 3 is 2.63 bits per heavy atom. The van der Waals surface area contributed by atoms with E-state index in [0.717, 1.165) is 22.9 Å². The number of rotatable bonds is 3. The molecule has 0 aromatic carbocycles. The predicted octanol–water partition coefficient (Wildman–Crippen LogP) is 2.54. The third-order valence-corrected chi connectivity index (χ3v) is 5.71. The number of aromatic nitrogens is 1. The lowest BCUT2D eigenvalue weighted by Crippen LogP contribution is -2.41. The second-order valence-corrected chi connectivity index (χ2v) is 7.53. The van der Waals surface area contributed by atoms with E-state index < -0.39 is 10.2 Å². The first-order valence-corrected chi connectivity index (χ1v) is 8.52. The summed E-state index contributed by atoms with van der Waals surface area (Å²) in [6.07, 6.45) is 3.42. The number of anilines is 1. The number of hydrogen-bond acceptors (Lipinski definition) is 3. The monoisotopic (exact) mass is 347 g/mol. The molecule has 1 aromatic heterocycles. The van der Waals surface area contributed by atoms with E-state index in [9.17, 15) is 8.42 Å². The Morgan fingerprint density at radius 2 is 2.05 bits per heavy atom. The molecule has 0 atom stereocenters. The molecule has 1 aromatic rings. The van der Waals surface area contributed by atoms with Crippen LogP contribution in [0.15, 0.2) is 16.7 Å². The van der Waals surface area contributed by atoms with Crippen molar-refractivity contribution in [3.8, 4) is 0 Å². The smallest absolute Gasteiger partial charge is 0.254 e. The van der Waals surface area contributed by atoms with Crippen LogP contribution < -0.4 is 4.72 Å². The van der Waals surface area contributed by atoms with Crippen LogP contribution in [0.4, 0.5) is 5.82 Å². The lowest BCUT2D eigenvalue weighted by molar-refractivity contribution is 0.289. The molecule has 1 aliphatic heterocycles. The minimum atomic E-state index is -3.48. The van der Waals surface area contributed by atoms with Crippen molar-refractivity contribution in [1.29, 1.82) is 0 Å². The molecule has 0 aliphatic carbocycles. The van der Waals surface area contributed by atoms with E-state index in [1.165, 1.54) is 4.31 Å². The van der Waals surface area contributed by atoms with Gasteiger partial charge in [-0.2, -0.15) is 12.7 Å². The van der Waals surface area contributed by atoms with Crippen LogP contribution in [0, 0.1) is 12.8 Å². The van der Waals surface area contributed by atoms with E-state index in [4.69, 9.17) is 0 Å². The Labute approximate surface area is 122 Å². The van der Waals surface area contributed by atoms with E-state index in [1.807, 2.05) is 6.92 Å². The zero-order chi connectivity index (χ0) is 14.0. The second-order valence-electron chi connectivity index (χ2n) is 5.01. The Kier molecular flexibility index (Phi) is 4.47. The third kappa shape index (κ3) is 3.67. The zero-order valence-corrected chi connectivity index (χ0v) is 13.5. The minimum absolute atomic E-state index is 0.360. The Morgan fingerprint density at radius 1 is 1.42 bits per heavy atom. The van der Waals surface area contributed by atoms with Crippen LogP contribution in [0.3, 0.4) is 0 Å². The highest BCUT2D eigenvalue weighted by Crippen LogP contribution is 2.21. The number of hydrogen-bond donors (Lipinski definition) is 1. The third-order valence-electron chi connectivity index (χ3n) is 3.36. The predicted molar refractivity (Wildman–Crippen MR) is 79.2 cm³/mol. The van der Waals surface area contributed by atoms with Crippen LogP contribution in [-0.4, -0.2) is 30.8 Å². The summed E-state index contributed by atoms with van der Waals surface area (Å²) < 4.78 is 29.3. The maximum atomic E-state index is 12.2. The molecule has 1 fully saturated rings. The van der Waals surface area contributed by atoms with Crippen LogP contribution in [0.25, 0.3) is 0 Å². The summed E-state index contributed by atoms with van der Waals surface area (Å²) >= 11 is 3.34. The first-order valence-electron chi connectivity index (χ1n) is 6.28. The molecule has 1 saturated heterocycles. The Bertz CT molecular complexity index is 554. The van der Waals surface area contributed by atoms with Gasteiger partial charge in [-0.15, -0.1) is 0 Å². The summed E-state index contributed by atoms with van der Waals surface area (Å²) in [7, 11) is -3.48. The fraction of sp³-hybridized carbons (Fsp3) is 0.583. The highest BCUT2D eigenvalue weighted by Gasteiger charge is 2.26. The van der Waals surface area contributed by atoms with Gasteiger partial charge in [0, 0.05) is 23.8 Å². The van der Waals surface area contributed by atoms with E-state index in [0.29, 0.717) is 24.8 Å². The summed E-state index contributed by atoms with van der Waals surface area (Å²) in [4.78, 5) is 4.07. The molecular formula is C12H18BrN3O2S. The van der Waals surface area contributed by atoms with Gasteiger partial charge < -0.3 is 0 Å². The van der Waals surface area contributed by atoms with E-state index in [2.05, 4.69) is 32.6 Å². The highest BCUT2D eigenvalue weighted by molar-refractivity contribution is 9.10. The average molecular weight is 348 g/mol. The van der Waals surface area contributed by atoms with E-state index in [1.54, 1.807) is 12.3 Å². The van der Waals surface area contributed by atoms with E-state index in [-0.39, 0.29) is 0 Å². The van der Waals surface area contributed by atoms with Crippen LogP contribution in [0.1, 0.15) is 25.3 Å². The first-order chi connectivity index (χ1) is 8.88. The molecular weight excluding hydrogens is 330 g/mol. The van der Waals surface area contributed by atoms with Gasteiger partial charge >= 0.3 is 10.2 Å². The number of pyridine rings is 1. The van der Waals surface area contributed by atoms with Crippen molar-refractivity contribution >= 4 is 32.0 Å². The second kappa shape index (κ2) is 5.76.